The topological polar surface area (TPSA) is 13.1 Å². The van der Waals surface area contributed by atoms with E-state index in [4.69, 9.17) is 4.84 Å². The number of halogens is 20. The van der Waals surface area contributed by atoms with Crippen molar-refractivity contribution >= 4 is 50.1 Å². The van der Waals surface area contributed by atoms with Crippen molar-refractivity contribution < 1.29 is 97.4 Å². The maximum atomic E-state index is 15.4. The molecule has 7 aromatic rings. The van der Waals surface area contributed by atoms with Gasteiger partial charge in [0.2, 0.25) is 11.9 Å². The molecule has 7 rings (SSSR count). The first-order valence-corrected chi connectivity index (χ1v) is 16.9. The lowest BCUT2D eigenvalue weighted by Gasteiger charge is -2.44. The van der Waals surface area contributed by atoms with E-state index in [2.05, 4.69) is 18.2 Å². The normalized spacial score (nSPS) is 11.6. The zero-order valence-corrected chi connectivity index (χ0v) is 29.5. The molecule has 0 saturated carbocycles. The molecule has 0 atom stereocenters. The van der Waals surface area contributed by atoms with Gasteiger partial charge in [0.1, 0.15) is 52.7 Å². The molecule has 0 aliphatic rings. The molecular weight excluding hydrogens is 897 g/mol. The van der Waals surface area contributed by atoms with Crippen LogP contribution in [0.25, 0.3) is 10.8 Å². The van der Waals surface area contributed by atoms with Crippen molar-refractivity contribution in [2.24, 2.45) is 0 Å². The Bertz CT molecular complexity index is 2520. The minimum absolute atomic E-state index is 0.876. The molecule has 24 heteroatoms. The van der Waals surface area contributed by atoms with E-state index in [-0.39, 0.29) is 0 Å². The van der Waals surface area contributed by atoms with E-state index >= 15 is 35.1 Å². The highest BCUT2D eigenvalue weighted by Crippen LogP contribution is 2.31. The number of benzene rings is 6. The SMILES string of the molecule is Fc1c(F)c(F)c([B-](c2c(F)c(F)c(F)c(F)c2F)(c2c(F)c(F)c(F)c(F)c2F)c2c(F)c(F)c(F)c(F)c2F)c(F)c1F.c1ccc2c(O[n+]3ccsc3)cccc2c1. The first-order chi connectivity index (χ1) is 28.6. The zero-order chi connectivity index (χ0) is 45.2. The Balaban J connectivity index is 0.000000321. The van der Waals surface area contributed by atoms with Gasteiger partial charge in [0.25, 0.3) is 5.51 Å². The van der Waals surface area contributed by atoms with Crippen LogP contribution in [0.5, 0.6) is 5.75 Å². The molecule has 0 fully saturated rings. The molecule has 0 N–H and O–H groups in total. The fourth-order valence-electron chi connectivity index (χ4n) is 6.54. The van der Waals surface area contributed by atoms with Crippen LogP contribution in [-0.2, 0) is 0 Å². The summed E-state index contributed by atoms with van der Waals surface area (Å²) in [5.74, 6) is -70.5. The molecule has 1 aromatic heterocycles. The number of nitrogens with zero attached hydrogens (tertiary/aromatic N) is 1. The Kier molecular flexibility index (Phi) is 11.8. The summed E-state index contributed by atoms with van der Waals surface area (Å²) in [6.45, 7) is 0. The van der Waals surface area contributed by atoms with E-state index in [1.807, 2.05) is 41.4 Å². The van der Waals surface area contributed by atoms with Gasteiger partial charge in [-0.1, -0.05) is 47.7 Å². The third-order valence-electron chi connectivity index (χ3n) is 9.11. The molecule has 0 spiro atoms. The summed E-state index contributed by atoms with van der Waals surface area (Å²) in [5, 5.41) is 4.30. The number of thiazole rings is 1. The molecule has 0 amide bonds. The van der Waals surface area contributed by atoms with E-state index in [0.717, 1.165) is 11.1 Å². The van der Waals surface area contributed by atoms with Crippen LogP contribution in [0.2, 0.25) is 0 Å². The molecule has 1 heterocycles. The maximum Gasteiger partial charge on any atom is 0.277 e. The van der Waals surface area contributed by atoms with Crippen LogP contribution in [0.1, 0.15) is 0 Å². The van der Waals surface area contributed by atoms with Crippen LogP contribution >= 0.6 is 11.3 Å². The predicted molar refractivity (Wildman–Crippen MR) is 174 cm³/mol. The average Bonchev–Trinajstić information content (AvgIpc) is 3.77. The smallest absolute Gasteiger partial charge is 0.230 e. The molecule has 0 radical (unpaired) electrons. The Morgan fingerprint density at radius 1 is 0.361 bits per heavy atom. The van der Waals surface area contributed by atoms with Gasteiger partial charge in [-0.3, -0.25) is 0 Å². The molecular formula is C37H10BF20NOS. The van der Waals surface area contributed by atoms with Crippen LogP contribution in [0.3, 0.4) is 0 Å². The van der Waals surface area contributed by atoms with Crippen molar-refractivity contribution in [2.75, 3.05) is 0 Å². The molecule has 0 saturated heterocycles. The van der Waals surface area contributed by atoms with E-state index in [0.29, 0.717) is 0 Å². The molecule has 6 aromatic carbocycles. The van der Waals surface area contributed by atoms with Gasteiger partial charge in [0, 0.05) is 10.1 Å². The van der Waals surface area contributed by atoms with Crippen LogP contribution in [0.15, 0.2) is 59.6 Å². The predicted octanol–water partition coefficient (Wildman–Crippen LogP) is 8.88. The second-order valence-electron chi connectivity index (χ2n) is 12.3. The van der Waals surface area contributed by atoms with Crippen molar-refractivity contribution in [3.63, 3.8) is 0 Å². The zero-order valence-electron chi connectivity index (χ0n) is 28.7. The fraction of sp³-hybridized carbons (Fsp3) is 0. The average molecular weight is 907 g/mol. The molecule has 2 nitrogen and oxygen atoms in total. The number of aromatic nitrogens is 1. The Morgan fingerprint density at radius 3 is 0.967 bits per heavy atom. The van der Waals surface area contributed by atoms with E-state index in [9.17, 15) is 52.7 Å². The summed E-state index contributed by atoms with van der Waals surface area (Å²) in [4.78, 5) is 5.76. The van der Waals surface area contributed by atoms with Gasteiger partial charge in [-0.15, -0.1) is 21.9 Å². The van der Waals surface area contributed by atoms with Gasteiger partial charge in [-0.25, -0.2) is 92.6 Å². The van der Waals surface area contributed by atoms with Gasteiger partial charge >= 0.3 is 0 Å². The molecule has 0 aliphatic carbocycles. The van der Waals surface area contributed by atoms with Crippen molar-refractivity contribution in [1.29, 1.82) is 0 Å². The summed E-state index contributed by atoms with van der Waals surface area (Å²) in [6, 6.07) is 14.3. The summed E-state index contributed by atoms with van der Waals surface area (Å²) >= 11 is 1.60. The molecule has 61 heavy (non-hydrogen) atoms. The van der Waals surface area contributed by atoms with E-state index in [1.165, 1.54) is 5.39 Å². The monoisotopic (exact) mass is 907 g/mol. The summed E-state index contributed by atoms with van der Waals surface area (Å²) in [5.41, 5.74) is -12.4. The fourth-order valence-corrected chi connectivity index (χ4v) is 7.03. The lowest BCUT2D eigenvalue weighted by molar-refractivity contribution is -0.871. The highest BCUT2D eigenvalue weighted by atomic mass is 32.1. The van der Waals surface area contributed by atoms with Crippen molar-refractivity contribution in [1.82, 2.24) is 0 Å². The maximum absolute atomic E-state index is 15.4. The third-order valence-corrected chi connectivity index (χ3v) is 9.72. The summed E-state index contributed by atoms with van der Waals surface area (Å²) < 4.78 is 296. The second-order valence-corrected chi connectivity index (χ2v) is 13.0. The van der Waals surface area contributed by atoms with Gasteiger partial charge in [0.15, 0.2) is 69.8 Å². The summed E-state index contributed by atoms with van der Waals surface area (Å²) in [6.07, 6.45) is -5.32. The Hall–Kier alpha value is -6.33. The molecule has 0 unspecified atom stereocenters. The standard InChI is InChI=1S/C24BF20.C13H10NOS/c26-5-1(6(27)14(35)21(42)13(5)34)25(2-7(28)15(36)22(43)16(37)8(2)29,3-9(30)17(38)23(44)18(39)10(3)31)4-11(32)19(40)24(45)20(41)12(4)33;1-2-6-12-11(4-1)5-3-7-13(12)15-14-8-9-16-10-14/h;1-10H/q-1;+1. The van der Waals surface area contributed by atoms with Gasteiger partial charge in [-0.2, -0.15) is 0 Å². The highest BCUT2D eigenvalue weighted by Gasteiger charge is 2.52. The van der Waals surface area contributed by atoms with Crippen LogP contribution in [0, 0.1) is 116 Å². The molecule has 0 aliphatic heterocycles. The quantitative estimate of drug-likeness (QED) is 0.0535. The first-order valence-electron chi connectivity index (χ1n) is 16.0. The molecule has 0 bridgehead atoms. The Morgan fingerprint density at radius 2 is 0.656 bits per heavy atom. The molecule has 318 valence electrons. The Labute approximate surface area is 329 Å². The lowest BCUT2D eigenvalue weighted by atomic mass is 9.12. The van der Waals surface area contributed by atoms with E-state index in [1.54, 1.807) is 16.1 Å². The van der Waals surface area contributed by atoms with Gasteiger partial charge in [0.05, 0.1) is 5.38 Å². The van der Waals surface area contributed by atoms with Crippen molar-refractivity contribution in [3.05, 3.63) is 176 Å². The van der Waals surface area contributed by atoms with Crippen molar-refractivity contribution in [2.45, 2.75) is 0 Å². The minimum atomic E-state index is -7.22. The second kappa shape index (κ2) is 16.3. The van der Waals surface area contributed by atoms with Crippen LogP contribution in [-0.4, -0.2) is 6.15 Å². The lowest BCUT2D eigenvalue weighted by Crippen LogP contribution is -2.81. The van der Waals surface area contributed by atoms with Gasteiger partial charge in [-0.05, 0) is 11.5 Å². The van der Waals surface area contributed by atoms with Crippen LogP contribution in [0.4, 0.5) is 87.8 Å². The minimum Gasteiger partial charge on any atom is -0.230 e. The summed E-state index contributed by atoms with van der Waals surface area (Å²) in [7, 11) is 0. The van der Waals surface area contributed by atoms with E-state index < -0.39 is 144 Å². The largest absolute Gasteiger partial charge is 0.277 e. The first kappa shape index (κ1) is 44.2. The van der Waals surface area contributed by atoms with Crippen LogP contribution < -0.4 is 31.4 Å². The number of hydrogen-bond acceptors (Lipinski definition) is 2. The number of fused-ring (bicyclic) bond motifs is 1. The van der Waals surface area contributed by atoms with Gasteiger partial charge < -0.3 is 0 Å². The highest BCUT2D eigenvalue weighted by molar-refractivity contribution is 7.20. The number of rotatable bonds is 6. The van der Waals surface area contributed by atoms with Crippen molar-refractivity contribution in [3.8, 4) is 5.75 Å². The number of hydrogen-bond donors (Lipinski definition) is 0. The third kappa shape index (κ3) is 6.75.